The Labute approximate surface area is 173 Å². The van der Waals surface area contributed by atoms with E-state index >= 15 is 0 Å². The van der Waals surface area contributed by atoms with E-state index in [0.717, 1.165) is 32.5 Å². The highest BCUT2D eigenvalue weighted by atomic mass is 32.2. The molecule has 1 aromatic carbocycles. The topological polar surface area (TPSA) is 84.0 Å². The number of hydrogen-bond acceptors (Lipinski definition) is 6. The van der Waals surface area contributed by atoms with E-state index in [-0.39, 0.29) is 41.8 Å². The minimum atomic E-state index is -3.68. The van der Waals surface area contributed by atoms with Crippen molar-refractivity contribution in [2.45, 2.75) is 50.5 Å². The summed E-state index contributed by atoms with van der Waals surface area (Å²) in [5.74, 6) is -0.640. The van der Waals surface area contributed by atoms with Gasteiger partial charge in [0.1, 0.15) is 6.10 Å². The average molecular weight is 423 g/mol. The fourth-order valence-electron chi connectivity index (χ4n) is 4.01. The van der Waals surface area contributed by atoms with Crippen LogP contribution in [0.3, 0.4) is 0 Å². The first kappa shape index (κ1) is 21.9. The Morgan fingerprint density at radius 3 is 2.52 bits per heavy atom. The van der Waals surface area contributed by atoms with Crippen LogP contribution in [0.2, 0.25) is 0 Å². The molecule has 1 unspecified atom stereocenters. The van der Waals surface area contributed by atoms with Crippen molar-refractivity contribution in [1.82, 2.24) is 9.21 Å². The molecule has 1 aromatic rings. The van der Waals surface area contributed by atoms with Crippen LogP contribution in [0.15, 0.2) is 29.2 Å². The number of nitrogens with zero attached hydrogens (tertiary/aromatic N) is 2. The lowest BCUT2D eigenvalue weighted by atomic mass is 9.98. The molecule has 2 aliphatic heterocycles. The molecule has 0 radical (unpaired) electrons. The van der Waals surface area contributed by atoms with E-state index in [4.69, 9.17) is 4.74 Å². The second-order valence-electron chi connectivity index (χ2n) is 7.86. The van der Waals surface area contributed by atoms with Crippen LogP contribution >= 0.6 is 0 Å². The van der Waals surface area contributed by atoms with Crippen molar-refractivity contribution < 1.29 is 22.7 Å². The SMILES string of the molecule is CCN1CCCC(OC(=O)C2CCN(S(=O)(=O)c3cccc(C(C)=O)c3)CC2)C1. The Morgan fingerprint density at radius 2 is 1.86 bits per heavy atom. The zero-order chi connectivity index (χ0) is 21.0. The molecule has 2 aliphatic rings. The van der Waals surface area contributed by atoms with Gasteiger partial charge in [-0.15, -0.1) is 0 Å². The first-order valence-corrected chi connectivity index (χ1v) is 11.8. The molecule has 0 aliphatic carbocycles. The number of carbonyl (C=O) groups excluding carboxylic acids is 2. The third-order valence-electron chi connectivity index (χ3n) is 5.86. The molecule has 0 N–H and O–H groups in total. The van der Waals surface area contributed by atoms with Crippen molar-refractivity contribution in [3.05, 3.63) is 29.8 Å². The Hall–Kier alpha value is -1.77. The predicted octanol–water partition coefficient (Wildman–Crippen LogP) is 2.32. The molecule has 2 saturated heterocycles. The summed E-state index contributed by atoms with van der Waals surface area (Å²) < 4.78 is 33.0. The number of likely N-dealkylation sites (tertiary alicyclic amines) is 1. The first-order chi connectivity index (χ1) is 13.8. The van der Waals surface area contributed by atoms with Crippen molar-refractivity contribution in [3.8, 4) is 0 Å². The second kappa shape index (κ2) is 9.36. The first-order valence-electron chi connectivity index (χ1n) is 10.3. The van der Waals surface area contributed by atoms with Gasteiger partial charge in [-0.05, 0) is 57.8 Å². The Morgan fingerprint density at radius 1 is 1.14 bits per heavy atom. The molecule has 160 valence electrons. The zero-order valence-electron chi connectivity index (χ0n) is 17.2. The van der Waals surface area contributed by atoms with E-state index in [0.29, 0.717) is 18.4 Å². The number of ketones is 1. The van der Waals surface area contributed by atoms with Crippen LogP contribution < -0.4 is 0 Å². The normalized spacial score (nSPS) is 22.3. The number of rotatable bonds is 6. The van der Waals surface area contributed by atoms with Gasteiger partial charge in [0.25, 0.3) is 0 Å². The van der Waals surface area contributed by atoms with Gasteiger partial charge >= 0.3 is 5.97 Å². The average Bonchev–Trinajstić information content (AvgIpc) is 2.74. The number of hydrogen-bond donors (Lipinski definition) is 0. The van der Waals surface area contributed by atoms with Gasteiger partial charge in [0.15, 0.2) is 5.78 Å². The van der Waals surface area contributed by atoms with Crippen LogP contribution in [-0.4, -0.2) is 68.2 Å². The molecule has 0 saturated carbocycles. The second-order valence-corrected chi connectivity index (χ2v) is 9.79. The predicted molar refractivity (Wildman–Crippen MR) is 109 cm³/mol. The molecule has 0 amide bonds. The van der Waals surface area contributed by atoms with Crippen LogP contribution in [0, 0.1) is 5.92 Å². The zero-order valence-corrected chi connectivity index (χ0v) is 18.0. The fourth-order valence-corrected chi connectivity index (χ4v) is 5.53. The maximum absolute atomic E-state index is 12.9. The molecule has 0 aromatic heterocycles. The Balaban J connectivity index is 1.57. The van der Waals surface area contributed by atoms with E-state index in [2.05, 4.69) is 11.8 Å². The molecule has 2 heterocycles. The van der Waals surface area contributed by atoms with Crippen LogP contribution in [0.25, 0.3) is 0 Å². The molecule has 1 atom stereocenters. The van der Waals surface area contributed by atoms with Gasteiger partial charge in [0.05, 0.1) is 10.8 Å². The lowest BCUT2D eigenvalue weighted by Crippen LogP contribution is -2.43. The number of likely N-dealkylation sites (N-methyl/N-ethyl adjacent to an activating group) is 1. The summed E-state index contributed by atoms with van der Waals surface area (Å²) in [6.07, 6.45) is 2.76. The summed E-state index contributed by atoms with van der Waals surface area (Å²) in [7, 11) is -3.68. The van der Waals surface area contributed by atoms with Crippen LogP contribution in [-0.2, 0) is 19.6 Å². The maximum Gasteiger partial charge on any atom is 0.309 e. The van der Waals surface area contributed by atoms with Gasteiger partial charge in [-0.3, -0.25) is 14.5 Å². The minimum Gasteiger partial charge on any atom is -0.461 e. The van der Waals surface area contributed by atoms with Crippen LogP contribution in [0.5, 0.6) is 0 Å². The van der Waals surface area contributed by atoms with Gasteiger partial charge in [0, 0.05) is 25.2 Å². The Kier molecular flexibility index (Phi) is 7.08. The largest absolute Gasteiger partial charge is 0.461 e. The number of benzene rings is 1. The lowest BCUT2D eigenvalue weighted by molar-refractivity contribution is -0.158. The summed E-state index contributed by atoms with van der Waals surface area (Å²) in [6, 6.07) is 6.11. The highest BCUT2D eigenvalue weighted by molar-refractivity contribution is 7.89. The molecule has 0 spiro atoms. The van der Waals surface area contributed by atoms with E-state index in [1.54, 1.807) is 12.1 Å². The van der Waals surface area contributed by atoms with E-state index in [1.165, 1.54) is 23.4 Å². The highest BCUT2D eigenvalue weighted by Crippen LogP contribution is 2.26. The van der Waals surface area contributed by atoms with Gasteiger partial charge < -0.3 is 4.74 Å². The van der Waals surface area contributed by atoms with E-state index < -0.39 is 10.0 Å². The smallest absolute Gasteiger partial charge is 0.309 e. The number of esters is 1. The van der Waals surface area contributed by atoms with Gasteiger partial charge in [0.2, 0.25) is 10.0 Å². The quantitative estimate of drug-likeness (QED) is 0.517. The maximum atomic E-state index is 12.9. The van der Waals surface area contributed by atoms with Crippen molar-refractivity contribution in [1.29, 1.82) is 0 Å². The highest BCUT2D eigenvalue weighted by Gasteiger charge is 2.34. The van der Waals surface area contributed by atoms with Crippen molar-refractivity contribution >= 4 is 21.8 Å². The number of sulfonamides is 1. The molecule has 0 bridgehead atoms. The summed E-state index contributed by atoms with van der Waals surface area (Å²) >= 11 is 0. The molecule has 29 heavy (non-hydrogen) atoms. The Bertz CT molecular complexity index is 846. The third kappa shape index (κ3) is 5.24. The fraction of sp³-hybridized carbons (Fsp3) is 0.619. The summed E-state index contributed by atoms with van der Waals surface area (Å²) in [5.41, 5.74) is 0.373. The third-order valence-corrected chi connectivity index (χ3v) is 7.75. The molecular weight excluding hydrogens is 392 g/mol. The van der Waals surface area contributed by atoms with Gasteiger partial charge in [-0.25, -0.2) is 8.42 Å². The van der Waals surface area contributed by atoms with Gasteiger partial charge in [-0.2, -0.15) is 4.31 Å². The van der Waals surface area contributed by atoms with E-state index in [1.807, 2.05) is 0 Å². The molecule has 3 rings (SSSR count). The monoisotopic (exact) mass is 422 g/mol. The van der Waals surface area contributed by atoms with Crippen molar-refractivity contribution in [2.24, 2.45) is 5.92 Å². The molecule has 2 fully saturated rings. The van der Waals surface area contributed by atoms with Crippen LogP contribution in [0.4, 0.5) is 0 Å². The molecular formula is C21H30N2O5S. The van der Waals surface area contributed by atoms with Crippen molar-refractivity contribution in [3.63, 3.8) is 0 Å². The van der Waals surface area contributed by atoms with Crippen LogP contribution in [0.1, 0.15) is 49.9 Å². The molecule has 8 heteroatoms. The number of carbonyl (C=O) groups is 2. The number of ether oxygens (including phenoxy) is 1. The molecule has 7 nitrogen and oxygen atoms in total. The standard InChI is InChI=1S/C21H30N2O5S/c1-3-22-11-5-7-19(15-22)28-21(25)17-9-12-23(13-10-17)29(26,27)20-8-4-6-18(14-20)16(2)24/h4,6,8,14,17,19H,3,5,7,9-13,15H2,1-2H3. The number of piperidine rings is 2. The summed E-state index contributed by atoms with van der Waals surface area (Å²) in [5, 5.41) is 0. The van der Waals surface area contributed by atoms with Crippen molar-refractivity contribution in [2.75, 3.05) is 32.7 Å². The lowest BCUT2D eigenvalue weighted by Gasteiger charge is -2.34. The summed E-state index contributed by atoms with van der Waals surface area (Å²) in [6.45, 7) is 6.85. The summed E-state index contributed by atoms with van der Waals surface area (Å²) in [4.78, 5) is 26.5. The van der Waals surface area contributed by atoms with E-state index in [9.17, 15) is 18.0 Å². The van der Waals surface area contributed by atoms with Gasteiger partial charge in [-0.1, -0.05) is 19.1 Å². The number of Topliss-reactive ketones (excluding diaryl/α,β-unsaturated/α-hetero) is 1. The minimum absolute atomic E-state index is 0.0627.